The zero-order chi connectivity index (χ0) is 37.8. The van der Waals surface area contributed by atoms with Crippen molar-refractivity contribution < 1.29 is 38.5 Å². The summed E-state index contributed by atoms with van der Waals surface area (Å²) >= 11 is 0. The molecule has 0 bridgehead atoms. The smallest absolute Gasteiger partial charge is 0.309 e. The first-order valence-electron chi connectivity index (χ1n) is 16.9. The first-order valence-corrected chi connectivity index (χ1v) is 16.9. The highest BCUT2D eigenvalue weighted by Gasteiger charge is 2.29. The molecular formula is C40H54N2O8. The molecule has 0 aliphatic rings. The average Bonchev–Trinajstić information content (AvgIpc) is 3.69. The van der Waals surface area contributed by atoms with Crippen LogP contribution in [0.15, 0.2) is 61.7 Å². The van der Waals surface area contributed by atoms with Crippen LogP contribution in [0.4, 0.5) is 0 Å². The quantitative estimate of drug-likeness (QED) is 0.0674. The predicted molar refractivity (Wildman–Crippen MR) is 198 cm³/mol. The SMILES string of the molecule is C=C.COc1cccc2[nH]c(C(=O)C[C@@H](CC(C)C)C(=O)O)cc12.COc1cccc2[nH]c(C(=O)C[C@@H](CC(C)C)C(=O)OC(C)(C)C)cc12. The van der Waals surface area contributed by atoms with Crippen LogP contribution in [0.25, 0.3) is 21.8 Å². The van der Waals surface area contributed by atoms with Gasteiger partial charge in [0.1, 0.15) is 17.1 Å². The number of fused-ring (bicyclic) bond motifs is 2. The summed E-state index contributed by atoms with van der Waals surface area (Å²) in [4.78, 5) is 55.2. The van der Waals surface area contributed by atoms with Gasteiger partial charge in [0.2, 0.25) is 0 Å². The van der Waals surface area contributed by atoms with E-state index in [1.807, 2.05) is 84.9 Å². The van der Waals surface area contributed by atoms with Crippen molar-refractivity contribution in [2.24, 2.45) is 23.7 Å². The van der Waals surface area contributed by atoms with E-state index in [4.69, 9.17) is 14.2 Å². The van der Waals surface area contributed by atoms with Gasteiger partial charge in [-0.15, -0.1) is 13.2 Å². The number of ketones is 2. The largest absolute Gasteiger partial charge is 0.496 e. The van der Waals surface area contributed by atoms with Gasteiger partial charge in [0, 0.05) is 34.6 Å². The van der Waals surface area contributed by atoms with Gasteiger partial charge in [0.05, 0.1) is 37.4 Å². The van der Waals surface area contributed by atoms with E-state index < -0.39 is 23.4 Å². The van der Waals surface area contributed by atoms with Gasteiger partial charge in [-0.2, -0.15) is 0 Å². The molecule has 2 heterocycles. The number of Topliss-reactive ketones (excluding diaryl/α,β-unsaturated/α-hetero) is 2. The number of carbonyl (C=O) groups excluding carboxylic acids is 3. The Morgan fingerprint density at radius 1 is 0.720 bits per heavy atom. The number of carbonyl (C=O) groups is 4. The summed E-state index contributed by atoms with van der Waals surface area (Å²) in [5, 5.41) is 10.9. The van der Waals surface area contributed by atoms with Crippen molar-refractivity contribution in [3.63, 3.8) is 0 Å². The third-order valence-corrected chi connectivity index (χ3v) is 7.75. The normalized spacial score (nSPS) is 12.4. The maximum Gasteiger partial charge on any atom is 0.309 e. The molecule has 0 amide bonds. The first kappa shape index (κ1) is 41.3. The topological polar surface area (TPSA) is 148 Å². The minimum atomic E-state index is -0.921. The van der Waals surface area contributed by atoms with Gasteiger partial charge >= 0.3 is 11.9 Å². The maximum absolute atomic E-state index is 12.8. The lowest BCUT2D eigenvalue weighted by Gasteiger charge is -2.24. The molecule has 2 aromatic heterocycles. The summed E-state index contributed by atoms with van der Waals surface area (Å²) < 4.78 is 16.1. The number of H-pyrrole nitrogens is 2. The van der Waals surface area contributed by atoms with Gasteiger partial charge in [-0.3, -0.25) is 19.2 Å². The van der Waals surface area contributed by atoms with Gasteiger partial charge in [-0.1, -0.05) is 39.8 Å². The Morgan fingerprint density at radius 3 is 1.48 bits per heavy atom. The molecule has 0 saturated carbocycles. The Kier molecular flexibility index (Phi) is 15.5. The highest BCUT2D eigenvalue weighted by atomic mass is 16.6. The van der Waals surface area contributed by atoms with Crippen LogP contribution in [0.1, 0.15) is 95.1 Å². The van der Waals surface area contributed by atoms with E-state index in [-0.39, 0.29) is 36.3 Å². The van der Waals surface area contributed by atoms with E-state index in [1.54, 1.807) is 26.4 Å². The number of carboxylic acid groups (broad SMARTS) is 1. The number of aromatic nitrogens is 2. The van der Waals surface area contributed by atoms with Crippen molar-refractivity contribution in [2.75, 3.05) is 14.2 Å². The van der Waals surface area contributed by atoms with E-state index in [1.165, 1.54) is 0 Å². The number of rotatable bonds is 14. The third-order valence-electron chi connectivity index (χ3n) is 7.75. The van der Waals surface area contributed by atoms with E-state index in [2.05, 4.69) is 23.1 Å². The summed E-state index contributed by atoms with van der Waals surface area (Å²) in [7, 11) is 3.18. The van der Waals surface area contributed by atoms with Crippen LogP contribution >= 0.6 is 0 Å². The van der Waals surface area contributed by atoms with E-state index >= 15 is 0 Å². The Bertz CT molecular complexity index is 1740. The highest BCUT2D eigenvalue weighted by molar-refractivity contribution is 6.03. The van der Waals surface area contributed by atoms with Crippen LogP contribution in [-0.2, 0) is 14.3 Å². The Morgan fingerprint density at radius 2 is 1.12 bits per heavy atom. The van der Waals surface area contributed by atoms with E-state index in [0.717, 1.165) is 21.8 Å². The second-order valence-electron chi connectivity index (χ2n) is 14.0. The lowest BCUT2D eigenvalue weighted by atomic mass is 9.91. The summed E-state index contributed by atoms with van der Waals surface area (Å²) in [5.41, 5.74) is 1.99. The molecule has 4 aromatic rings. The number of hydrogen-bond donors (Lipinski definition) is 3. The fourth-order valence-corrected chi connectivity index (χ4v) is 5.64. The molecule has 0 fully saturated rings. The fourth-order valence-electron chi connectivity index (χ4n) is 5.64. The summed E-state index contributed by atoms with van der Waals surface area (Å²) in [6.45, 7) is 19.5. The van der Waals surface area contributed by atoms with Crippen LogP contribution in [0.5, 0.6) is 11.5 Å². The molecule has 2 aromatic carbocycles. The molecule has 4 rings (SSSR count). The number of benzene rings is 2. The molecule has 0 aliphatic carbocycles. The monoisotopic (exact) mass is 690 g/mol. The standard InChI is InChI=1S/C21H29NO4.C17H21NO4.C2H4/c1-13(2)10-14(20(24)26-21(3,4)5)11-18(23)17-12-15-16(22-17)8-7-9-19(15)25-6;1-10(2)7-11(17(20)21)8-15(19)14-9-12-13(18-14)5-4-6-16(12)22-3;1-2/h7-9,12-14,22H,10-11H2,1-6H3;4-6,9-11,18H,7-8H2,1-3H3,(H,20,21);1-2H2/t14-;11-;/m11./s1. The molecule has 0 saturated heterocycles. The maximum atomic E-state index is 12.8. The van der Waals surface area contributed by atoms with Gasteiger partial charge < -0.3 is 29.3 Å². The number of carboxylic acids is 1. The van der Waals surface area contributed by atoms with Crippen molar-refractivity contribution in [1.82, 2.24) is 9.97 Å². The number of nitrogens with one attached hydrogen (secondary N) is 2. The third kappa shape index (κ3) is 11.9. The van der Waals surface area contributed by atoms with E-state index in [0.29, 0.717) is 41.6 Å². The van der Waals surface area contributed by atoms with Gasteiger partial charge in [0.25, 0.3) is 0 Å². The Labute approximate surface area is 295 Å². The number of aliphatic carboxylic acids is 1. The number of methoxy groups -OCH3 is 2. The Hall–Kier alpha value is -4.86. The minimum absolute atomic E-state index is 0.00263. The molecule has 272 valence electrons. The second-order valence-corrected chi connectivity index (χ2v) is 14.0. The lowest BCUT2D eigenvalue weighted by Crippen LogP contribution is -2.30. The van der Waals surface area contributed by atoms with Crippen LogP contribution in [-0.4, -0.2) is 58.4 Å². The number of ether oxygens (including phenoxy) is 3. The van der Waals surface area contributed by atoms with Crippen LogP contribution in [0.2, 0.25) is 0 Å². The van der Waals surface area contributed by atoms with Crippen molar-refractivity contribution in [3.8, 4) is 11.5 Å². The lowest BCUT2D eigenvalue weighted by molar-refractivity contribution is -0.160. The van der Waals surface area contributed by atoms with Gasteiger partial charge in [-0.25, -0.2) is 0 Å². The van der Waals surface area contributed by atoms with Crippen molar-refractivity contribution in [2.45, 2.75) is 79.8 Å². The van der Waals surface area contributed by atoms with Crippen LogP contribution < -0.4 is 9.47 Å². The Balaban J connectivity index is 0.000000334. The molecule has 0 unspecified atom stereocenters. The molecule has 10 heteroatoms. The van der Waals surface area contributed by atoms with Gasteiger partial charge in [-0.05, 0) is 81.8 Å². The zero-order valence-electron chi connectivity index (χ0n) is 31.0. The molecular weight excluding hydrogens is 636 g/mol. The molecule has 0 spiro atoms. The summed E-state index contributed by atoms with van der Waals surface area (Å²) in [6, 6.07) is 14.7. The summed E-state index contributed by atoms with van der Waals surface area (Å²) in [5.74, 6) is -0.695. The second kappa shape index (κ2) is 18.8. The fraction of sp³-hybridized carbons (Fsp3) is 0.450. The molecule has 0 radical (unpaired) electrons. The highest BCUT2D eigenvalue weighted by Crippen LogP contribution is 2.29. The first-order chi connectivity index (χ1) is 23.5. The summed E-state index contributed by atoms with van der Waals surface area (Å²) in [6.07, 6.45) is 1.24. The van der Waals surface area contributed by atoms with E-state index in [9.17, 15) is 24.3 Å². The number of hydrogen-bond acceptors (Lipinski definition) is 7. The number of aromatic amines is 2. The van der Waals surface area contributed by atoms with Crippen molar-refractivity contribution in [1.29, 1.82) is 0 Å². The van der Waals surface area contributed by atoms with Crippen LogP contribution in [0.3, 0.4) is 0 Å². The molecule has 10 nitrogen and oxygen atoms in total. The molecule has 2 atom stereocenters. The van der Waals surface area contributed by atoms with Crippen molar-refractivity contribution >= 4 is 45.3 Å². The zero-order valence-corrected chi connectivity index (χ0v) is 31.0. The van der Waals surface area contributed by atoms with Crippen molar-refractivity contribution in [3.05, 3.63) is 73.1 Å². The molecule has 50 heavy (non-hydrogen) atoms. The predicted octanol–water partition coefficient (Wildman–Crippen LogP) is 9.05. The number of esters is 1. The minimum Gasteiger partial charge on any atom is -0.496 e. The molecule has 3 N–H and O–H groups in total. The van der Waals surface area contributed by atoms with Gasteiger partial charge in [0.15, 0.2) is 11.6 Å². The average molecular weight is 691 g/mol. The van der Waals surface area contributed by atoms with Crippen LogP contribution in [0, 0.1) is 23.7 Å². The molecule has 0 aliphatic heterocycles.